The minimum absolute atomic E-state index is 0.0232. The van der Waals surface area contributed by atoms with Crippen LogP contribution in [0, 0.1) is 18.8 Å². The summed E-state index contributed by atoms with van der Waals surface area (Å²) >= 11 is 6.08. The van der Waals surface area contributed by atoms with E-state index >= 15 is 0 Å². The van der Waals surface area contributed by atoms with Crippen LogP contribution in [0.4, 0.5) is 0 Å². The molecule has 0 spiro atoms. The summed E-state index contributed by atoms with van der Waals surface area (Å²) in [6.45, 7) is 7.07. The SMILES string of the molecule is Cc1cccc(Cl)c1S(=O)(=O)Oc1ccc(CN(CC(C)C)C(=O)C2CCC2)cc1. The van der Waals surface area contributed by atoms with E-state index in [2.05, 4.69) is 13.8 Å². The summed E-state index contributed by atoms with van der Waals surface area (Å²) in [5.41, 5.74) is 1.46. The van der Waals surface area contributed by atoms with Crippen molar-refractivity contribution in [2.45, 2.75) is 51.5 Å². The third kappa shape index (κ3) is 5.35. The van der Waals surface area contributed by atoms with Crippen molar-refractivity contribution in [2.75, 3.05) is 6.54 Å². The molecule has 1 fully saturated rings. The molecule has 2 aromatic rings. The molecular formula is C23H28ClNO4S. The van der Waals surface area contributed by atoms with Gasteiger partial charge in [0.1, 0.15) is 10.6 Å². The Morgan fingerprint density at radius 3 is 2.37 bits per heavy atom. The summed E-state index contributed by atoms with van der Waals surface area (Å²) in [6.07, 6.45) is 3.07. The lowest BCUT2D eigenvalue weighted by Gasteiger charge is -2.32. The number of aryl methyl sites for hydroxylation is 1. The second-order valence-corrected chi connectivity index (χ2v) is 10.2. The topological polar surface area (TPSA) is 63.7 Å². The molecule has 7 heteroatoms. The number of hydrogen-bond acceptors (Lipinski definition) is 4. The first kappa shape index (κ1) is 22.6. The number of carbonyl (C=O) groups is 1. The molecular weight excluding hydrogens is 422 g/mol. The molecule has 30 heavy (non-hydrogen) atoms. The van der Waals surface area contributed by atoms with Gasteiger partial charge in [0.05, 0.1) is 5.02 Å². The van der Waals surface area contributed by atoms with Crippen LogP contribution in [0.25, 0.3) is 0 Å². The first-order chi connectivity index (χ1) is 14.2. The van der Waals surface area contributed by atoms with E-state index < -0.39 is 10.1 Å². The van der Waals surface area contributed by atoms with Crippen molar-refractivity contribution in [2.24, 2.45) is 11.8 Å². The number of halogens is 1. The van der Waals surface area contributed by atoms with Gasteiger partial charge in [-0.15, -0.1) is 0 Å². The zero-order chi connectivity index (χ0) is 21.9. The van der Waals surface area contributed by atoms with Gasteiger partial charge in [0.2, 0.25) is 5.91 Å². The third-order valence-corrected chi connectivity index (χ3v) is 7.15. The number of amides is 1. The van der Waals surface area contributed by atoms with Crippen molar-refractivity contribution in [1.82, 2.24) is 4.90 Å². The lowest BCUT2D eigenvalue weighted by atomic mass is 9.84. The maximum absolute atomic E-state index is 12.8. The van der Waals surface area contributed by atoms with E-state index in [1.54, 1.807) is 43.3 Å². The molecule has 0 aliphatic heterocycles. The quantitative estimate of drug-likeness (QED) is 0.519. The summed E-state index contributed by atoms with van der Waals surface area (Å²) in [4.78, 5) is 14.6. The Labute approximate surface area is 184 Å². The highest BCUT2D eigenvalue weighted by atomic mass is 35.5. The Hall–Kier alpha value is -2.05. The Morgan fingerprint density at radius 2 is 1.83 bits per heavy atom. The van der Waals surface area contributed by atoms with Crippen LogP contribution in [0.3, 0.4) is 0 Å². The van der Waals surface area contributed by atoms with Gasteiger partial charge >= 0.3 is 10.1 Å². The van der Waals surface area contributed by atoms with Gasteiger partial charge in [-0.3, -0.25) is 4.79 Å². The molecule has 1 saturated carbocycles. The normalized spacial score (nSPS) is 14.4. The van der Waals surface area contributed by atoms with E-state index in [0.717, 1.165) is 24.8 Å². The van der Waals surface area contributed by atoms with Crippen molar-refractivity contribution in [3.63, 3.8) is 0 Å². The van der Waals surface area contributed by atoms with Gasteiger partial charge in [0.25, 0.3) is 0 Å². The molecule has 5 nitrogen and oxygen atoms in total. The second-order valence-electron chi connectivity index (χ2n) is 8.31. The van der Waals surface area contributed by atoms with Gasteiger partial charge in [-0.1, -0.05) is 56.1 Å². The first-order valence-corrected chi connectivity index (χ1v) is 12.0. The van der Waals surface area contributed by atoms with Gasteiger partial charge in [0, 0.05) is 19.0 Å². The Bertz CT molecular complexity index is 978. The number of hydrogen-bond donors (Lipinski definition) is 0. The summed E-state index contributed by atoms with van der Waals surface area (Å²) in [5, 5.41) is 0.130. The molecule has 0 aromatic heterocycles. The molecule has 0 N–H and O–H groups in total. The highest BCUT2D eigenvalue weighted by Gasteiger charge is 2.29. The predicted octanol–water partition coefficient (Wildman–Crippen LogP) is 5.20. The Morgan fingerprint density at radius 1 is 1.17 bits per heavy atom. The standard InChI is InChI=1S/C23H28ClNO4S/c1-16(2)14-25(23(26)19-7-5-8-19)15-18-10-12-20(13-11-18)29-30(27,28)22-17(3)6-4-9-21(22)24/h4,6,9-13,16,19H,5,7-8,14-15H2,1-3H3. The minimum atomic E-state index is -4.04. The molecule has 162 valence electrons. The van der Waals surface area contributed by atoms with Gasteiger partial charge in [0.15, 0.2) is 0 Å². The van der Waals surface area contributed by atoms with Gasteiger partial charge in [-0.2, -0.15) is 8.42 Å². The van der Waals surface area contributed by atoms with E-state index in [9.17, 15) is 13.2 Å². The van der Waals surface area contributed by atoms with Crippen LogP contribution in [0.5, 0.6) is 5.75 Å². The molecule has 2 aromatic carbocycles. The average Bonchev–Trinajstić information content (AvgIpc) is 2.60. The summed E-state index contributed by atoms with van der Waals surface area (Å²) in [6, 6.07) is 11.7. The fourth-order valence-corrected chi connectivity index (χ4v) is 5.28. The van der Waals surface area contributed by atoms with Crippen LogP contribution in [0.15, 0.2) is 47.4 Å². The molecule has 0 radical (unpaired) electrons. The molecule has 0 saturated heterocycles. The van der Waals surface area contributed by atoms with Crippen molar-refractivity contribution in [3.05, 3.63) is 58.6 Å². The van der Waals surface area contributed by atoms with Crippen LogP contribution < -0.4 is 4.18 Å². The zero-order valence-corrected chi connectivity index (χ0v) is 19.2. The second kappa shape index (κ2) is 9.40. The molecule has 0 heterocycles. The summed E-state index contributed by atoms with van der Waals surface area (Å²) in [7, 11) is -4.04. The number of nitrogens with zero attached hydrogens (tertiary/aromatic N) is 1. The third-order valence-electron chi connectivity index (χ3n) is 5.27. The van der Waals surface area contributed by atoms with Crippen LogP contribution in [-0.4, -0.2) is 25.8 Å². The van der Waals surface area contributed by atoms with Crippen LogP contribution in [0.1, 0.15) is 44.2 Å². The van der Waals surface area contributed by atoms with Gasteiger partial charge in [-0.25, -0.2) is 0 Å². The van der Waals surface area contributed by atoms with Gasteiger partial charge < -0.3 is 9.08 Å². The van der Waals surface area contributed by atoms with E-state index in [0.29, 0.717) is 24.6 Å². The fourth-order valence-electron chi connectivity index (χ4n) is 3.56. The number of rotatable bonds is 8. The van der Waals surface area contributed by atoms with Crippen molar-refractivity contribution in [1.29, 1.82) is 0 Å². The molecule has 1 amide bonds. The molecule has 1 aliphatic rings. The summed E-state index contributed by atoms with van der Waals surface area (Å²) < 4.78 is 30.6. The smallest absolute Gasteiger partial charge is 0.340 e. The van der Waals surface area contributed by atoms with Crippen LogP contribution in [0.2, 0.25) is 5.02 Å². The van der Waals surface area contributed by atoms with Crippen LogP contribution >= 0.6 is 11.6 Å². The highest BCUT2D eigenvalue weighted by Crippen LogP contribution is 2.30. The Balaban J connectivity index is 1.73. The van der Waals surface area contributed by atoms with E-state index in [4.69, 9.17) is 15.8 Å². The summed E-state index contributed by atoms with van der Waals surface area (Å²) in [5.74, 6) is 0.946. The van der Waals surface area contributed by atoms with Gasteiger partial charge in [-0.05, 0) is 55.0 Å². The van der Waals surface area contributed by atoms with Crippen LogP contribution in [-0.2, 0) is 21.5 Å². The van der Waals surface area contributed by atoms with E-state index in [1.807, 2.05) is 4.90 Å². The van der Waals surface area contributed by atoms with E-state index in [1.165, 1.54) is 6.07 Å². The lowest BCUT2D eigenvalue weighted by molar-refractivity contribution is -0.139. The Kier molecular flexibility index (Phi) is 7.09. The van der Waals surface area contributed by atoms with Crippen molar-refractivity contribution >= 4 is 27.6 Å². The lowest BCUT2D eigenvalue weighted by Crippen LogP contribution is -2.40. The molecule has 0 bridgehead atoms. The maximum atomic E-state index is 12.8. The zero-order valence-electron chi connectivity index (χ0n) is 17.6. The van der Waals surface area contributed by atoms with E-state index in [-0.39, 0.29) is 27.5 Å². The molecule has 0 unspecified atom stereocenters. The van der Waals surface area contributed by atoms with Crippen molar-refractivity contribution < 1.29 is 17.4 Å². The predicted molar refractivity (Wildman–Crippen MR) is 118 cm³/mol. The molecule has 3 rings (SSSR count). The first-order valence-electron chi connectivity index (χ1n) is 10.2. The average molecular weight is 450 g/mol. The number of benzene rings is 2. The largest absolute Gasteiger partial charge is 0.379 e. The van der Waals surface area contributed by atoms with Crippen molar-refractivity contribution in [3.8, 4) is 5.75 Å². The minimum Gasteiger partial charge on any atom is -0.379 e. The fraction of sp³-hybridized carbons (Fsp3) is 0.435. The monoisotopic (exact) mass is 449 g/mol. The molecule has 1 aliphatic carbocycles. The maximum Gasteiger partial charge on any atom is 0.340 e. The highest BCUT2D eigenvalue weighted by molar-refractivity contribution is 7.87. The molecule has 0 atom stereocenters. The number of carbonyl (C=O) groups excluding carboxylic acids is 1.